The van der Waals surface area contributed by atoms with Crippen LogP contribution in [0.3, 0.4) is 0 Å². The topological polar surface area (TPSA) is 49.6 Å². The van der Waals surface area contributed by atoms with Gasteiger partial charge >= 0.3 is 0 Å². The van der Waals surface area contributed by atoms with Gasteiger partial charge in [0.2, 0.25) is 0 Å². The van der Waals surface area contributed by atoms with Crippen LogP contribution < -0.4 is 10.6 Å². The summed E-state index contributed by atoms with van der Waals surface area (Å²) in [4.78, 5) is 5.29. The maximum Gasteiger partial charge on any atom is 0.143 e. The third-order valence-electron chi connectivity index (χ3n) is 9.19. The molecule has 0 saturated carbocycles. The first-order chi connectivity index (χ1) is 23.3. The van der Waals surface area contributed by atoms with E-state index >= 15 is 0 Å². The quantitative estimate of drug-likeness (QED) is 0.205. The van der Waals surface area contributed by atoms with E-state index in [-0.39, 0.29) is 12.3 Å². The predicted molar refractivity (Wildman–Crippen MR) is 193 cm³/mol. The molecule has 0 saturated heterocycles. The summed E-state index contributed by atoms with van der Waals surface area (Å²) in [5.41, 5.74) is 9.63. The molecule has 0 aliphatic carbocycles. The van der Waals surface area contributed by atoms with Gasteiger partial charge in [-0.25, -0.2) is 4.99 Å². The lowest BCUT2D eigenvalue weighted by Gasteiger charge is -2.32. The standard InChI is InChI=1S/C43H31N3O/c1-3-12-29(13-4-1)35-26-27-37(39-36-19-9-10-21-38(36)47-40(35)39)43-45-41(31-15-5-2-6-16-31)44-42(46-43)32-24-22-30(23-25-32)34-20-11-17-28-14-7-8-18-33(28)34/h1-27,42-43,46H,(H,44,45). The van der Waals surface area contributed by atoms with Gasteiger partial charge in [0.05, 0.1) is 0 Å². The molecule has 4 heteroatoms. The number of furan rings is 1. The van der Waals surface area contributed by atoms with E-state index in [1.165, 1.54) is 21.9 Å². The number of fused-ring (bicyclic) bond motifs is 4. The van der Waals surface area contributed by atoms with E-state index in [2.05, 4.69) is 150 Å². The lowest BCUT2D eigenvalue weighted by Crippen LogP contribution is -2.45. The Hall–Kier alpha value is -5.97. The highest BCUT2D eigenvalue weighted by atomic mass is 16.3. The van der Waals surface area contributed by atoms with Crippen LogP contribution in [0.25, 0.3) is 55.0 Å². The van der Waals surface area contributed by atoms with Crippen LogP contribution in [-0.4, -0.2) is 5.84 Å². The summed E-state index contributed by atoms with van der Waals surface area (Å²) in [5, 5.41) is 12.2. The number of hydrogen-bond donors (Lipinski definition) is 2. The largest absolute Gasteiger partial charge is 0.455 e. The number of rotatable bonds is 5. The van der Waals surface area contributed by atoms with E-state index in [4.69, 9.17) is 9.41 Å². The van der Waals surface area contributed by atoms with E-state index in [0.717, 1.165) is 55.6 Å². The number of nitrogens with one attached hydrogen (secondary N) is 2. The van der Waals surface area contributed by atoms with Crippen molar-refractivity contribution >= 4 is 38.5 Å². The third-order valence-corrected chi connectivity index (χ3v) is 9.19. The predicted octanol–water partition coefficient (Wildman–Crippen LogP) is 10.4. The molecule has 2 heterocycles. The van der Waals surface area contributed by atoms with E-state index < -0.39 is 0 Å². The maximum absolute atomic E-state index is 6.59. The van der Waals surface area contributed by atoms with Crippen molar-refractivity contribution in [2.45, 2.75) is 12.3 Å². The monoisotopic (exact) mass is 605 g/mol. The van der Waals surface area contributed by atoms with Gasteiger partial charge in [0, 0.05) is 27.5 Å². The first-order valence-electron chi connectivity index (χ1n) is 16.0. The molecule has 0 fully saturated rings. The van der Waals surface area contributed by atoms with Gasteiger partial charge < -0.3 is 9.73 Å². The molecule has 2 atom stereocenters. The van der Waals surface area contributed by atoms with Crippen LogP contribution in [0.15, 0.2) is 173 Å². The molecule has 0 bridgehead atoms. The number of hydrogen-bond acceptors (Lipinski definition) is 4. The number of amidine groups is 1. The van der Waals surface area contributed by atoms with Crippen molar-refractivity contribution in [2.24, 2.45) is 4.99 Å². The highest BCUT2D eigenvalue weighted by Gasteiger charge is 2.28. The van der Waals surface area contributed by atoms with Gasteiger partial charge in [-0.1, -0.05) is 158 Å². The molecule has 1 aliphatic rings. The molecule has 47 heavy (non-hydrogen) atoms. The van der Waals surface area contributed by atoms with Gasteiger partial charge in [0.25, 0.3) is 0 Å². The normalized spacial score (nSPS) is 16.3. The Bertz CT molecular complexity index is 2410. The van der Waals surface area contributed by atoms with Crippen molar-refractivity contribution < 1.29 is 4.42 Å². The Kier molecular flexibility index (Phi) is 6.65. The van der Waals surface area contributed by atoms with E-state index in [9.17, 15) is 0 Å². The summed E-state index contributed by atoms with van der Waals surface area (Å²) in [6.45, 7) is 0. The van der Waals surface area contributed by atoms with Crippen molar-refractivity contribution in [1.29, 1.82) is 0 Å². The van der Waals surface area contributed by atoms with Crippen molar-refractivity contribution in [2.75, 3.05) is 0 Å². The molecule has 2 unspecified atom stereocenters. The van der Waals surface area contributed by atoms with Gasteiger partial charge in [0.1, 0.15) is 29.3 Å². The van der Waals surface area contributed by atoms with Gasteiger partial charge in [-0.15, -0.1) is 0 Å². The lowest BCUT2D eigenvalue weighted by molar-refractivity contribution is 0.410. The molecule has 7 aromatic carbocycles. The molecular formula is C43H31N3O. The first-order valence-corrected chi connectivity index (χ1v) is 16.0. The van der Waals surface area contributed by atoms with Crippen LogP contribution in [0.4, 0.5) is 0 Å². The van der Waals surface area contributed by atoms with E-state index in [0.29, 0.717) is 0 Å². The zero-order valence-electron chi connectivity index (χ0n) is 25.6. The van der Waals surface area contributed by atoms with Crippen LogP contribution in [0.5, 0.6) is 0 Å². The minimum atomic E-state index is -0.317. The molecule has 8 aromatic rings. The van der Waals surface area contributed by atoms with Crippen molar-refractivity contribution in [3.63, 3.8) is 0 Å². The number of benzene rings is 7. The summed E-state index contributed by atoms with van der Waals surface area (Å²) < 4.78 is 6.59. The fourth-order valence-electron chi connectivity index (χ4n) is 6.89. The molecule has 0 radical (unpaired) electrons. The van der Waals surface area contributed by atoms with Crippen molar-refractivity contribution in [1.82, 2.24) is 10.6 Å². The number of para-hydroxylation sites is 1. The molecule has 1 aliphatic heterocycles. The molecule has 2 N–H and O–H groups in total. The average Bonchev–Trinajstić information content (AvgIpc) is 3.55. The first kappa shape index (κ1) is 27.3. The molecule has 224 valence electrons. The van der Waals surface area contributed by atoms with Crippen molar-refractivity contribution in [3.05, 3.63) is 180 Å². The SMILES string of the molecule is c1ccc(C2=NC(c3ccc(-c4ccccc4)c4oc5ccccc5c34)NC(c3ccc(-c4cccc5ccccc45)cc3)N2)cc1. The Morgan fingerprint density at radius 3 is 1.98 bits per heavy atom. The summed E-state index contributed by atoms with van der Waals surface area (Å²) in [5.74, 6) is 0.852. The van der Waals surface area contributed by atoms with Crippen molar-refractivity contribution in [3.8, 4) is 22.3 Å². The Labute approximate surface area is 273 Å². The van der Waals surface area contributed by atoms with Gasteiger partial charge in [-0.3, -0.25) is 5.32 Å². The smallest absolute Gasteiger partial charge is 0.143 e. The van der Waals surface area contributed by atoms with E-state index in [1.807, 2.05) is 24.3 Å². The fourth-order valence-corrected chi connectivity index (χ4v) is 6.89. The lowest BCUT2D eigenvalue weighted by atomic mass is 9.95. The molecule has 0 amide bonds. The molecule has 1 aromatic heterocycles. The van der Waals surface area contributed by atoms with Gasteiger partial charge in [0.15, 0.2) is 0 Å². The summed E-state index contributed by atoms with van der Waals surface area (Å²) in [6.07, 6.45) is -0.487. The minimum Gasteiger partial charge on any atom is -0.455 e. The fraction of sp³-hybridized carbons (Fsp3) is 0.0465. The van der Waals surface area contributed by atoms with Gasteiger partial charge in [-0.05, 0) is 39.1 Å². The zero-order chi connectivity index (χ0) is 31.2. The molecule has 9 rings (SSSR count). The molecule has 0 spiro atoms. The van der Waals surface area contributed by atoms with Crippen LogP contribution >= 0.6 is 0 Å². The number of aliphatic imine (C=N–C) groups is 1. The van der Waals surface area contributed by atoms with Crippen LogP contribution in [-0.2, 0) is 0 Å². The summed E-state index contributed by atoms with van der Waals surface area (Å²) in [6, 6.07) is 57.4. The Morgan fingerprint density at radius 2 is 1.17 bits per heavy atom. The van der Waals surface area contributed by atoms with Crippen LogP contribution in [0.2, 0.25) is 0 Å². The Morgan fingerprint density at radius 1 is 0.511 bits per heavy atom. The Balaban J connectivity index is 1.16. The van der Waals surface area contributed by atoms with Crippen LogP contribution in [0.1, 0.15) is 29.0 Å². The third kappa shape index (κ3) is 4.87. The van der Waals surface area contributed by atoms with E-state index in [1.54, 1.807) is 0 Å². The summed E-state index contributed by atoms with van der Waals surface area (Å²) in [7, 11) is 0. The van der Waals surface area contributed by atoms with Gasteiger partial charge in [-0.2, -0.15) is 0 Å². The highest BCUT2D eigenvalue weighted by Crippen LogP contribution is 2.41. The summed E-state index contributed by atoms with van der Waals surface area (Å²) >= 11 is 0. The second kappa shape index (κ2) is 11.4. The second-order valence-corrected chi connectivity index (χ2v) is 12.0. The number of nitrogens with zero attached hydrogens (tertiary/aromatic N) is 1. The molecule has 4 nitrogen and oxygen atoms in total. The average molecular weight is 606 g/mol. The molecular weight excluding hydrogens is 574 g/mol. The zero-order valence-corrected chi connectivity index (χ0v) is 25.6. The maximum atomic E-state index is 6.59. The highest BCUT2D eigenvalue weighted by molar-refractivity contribution is 6.11. The second-order valence-electron chi connectivity index (χ2n) is 12.0. The minimum absolute atomic E-state index is 0.170. The van der Waals surface area contributed by atoms with Crippen LogP contribution in [0, 0.1) is 0 Å².